The Labute approximate surface area is 160 Å². The zero-order chi connectivity index (χ0) is 18.3. The van der Waals surface area contributed by atoms with Crippen LogP contribution in [0.3, 0.4) is 0 Å². The molecule has 0 aliphatic rings. The van der Waals surface area contributed by atoms with Crippen molar-refractivity contribution in [2.45, 2.75) is 64.8 Å². The zero-order valence-electron chi connectivity index (χ0n) is 16.4. The molecule has 0 radical (unpaired) electrons. The normalized spacial score (nSPS) is 10.8. The number of hydrogen-bond donors (Lipinski definition) is 1. The first-order chi connectivity index (χ1) is 12.9. The van der Waals surface area contributed by atoms with Gasteiger partial charge in [0.1, 0.15) is 5.75 Å². The standard InChI is InChI=1S/C24H35NO/c1-2-3-4-5-6-12-20-26-24-18-11-10-17-23(24)21-25-19-13-16-22-14-8-7-9-15-22/h7-11,14-15,17-18,25H,2-6,12-13,16,19-21H2,1H3. The van der Waals surface area contributed by atoms with Crippen LogP contribution in [0.5, 0.6) is 5.75 Å². The number of nitrogens with one attached hydrogen (secondary N) is 1. The summed E-state index contributed by atoms with van der Waals surface area (Å²) in [5.74, 6) is 1.04. The molecule has 2 heteroatoms. The second kappa shape index (κ2) is 13.4. The molecule has 0 saturated carbocycles. The number of hydrogen-bond acceptors (Lipinski definition) is 2. The summed E-state index contributed by atoms with van der Waals surface area (Å²) >= 11 is 0. The number of unbranched alkanes of at least 4 members (excludes halogenated alkanes) is 5. The minimum Gasteiger partial charge on any atom is -0.493 e. The Balaban J connectivity index is 1.61. The lowest BCUT2D eigenvalue weighted by molar-refractivity contribution is 0.300. The van der Waals surface area contributed by atoms with E-state index in [4.69, 9.17) is 4.74 Å². The van der Waals surface area contributed by atoms with Crippen molar-refractivity contribution < 1.29 is 4.74 Å². The predicted molar refractivity (Wildman–Crippen MR) is 112 cm³/mol. The first-order valence-corrected chi connectivity index (χ1v) is 10.4. The molecule has 0 unspecified atom stereocenters. The van der Waals surface area contributed by atoms with Crippen LogP contribution in [-0.2, 0) is 13.0 Å². The van der Waals surface area contributed by atoms with E-state index in [0.29, 0.717) is 0 Å². The first-order valence-electron chi connectivity index (χ1n) is 10.4. The molecule has 0 spiro atoms. The van der Waals surface area contributed by atoms with E-state index in [1.807, 2.05) is 0 Å². The van der Waals surface area contributed by atoms with E-state index in [9.17, 15) is 0 Å². The van der Waals surface area contributed by atoms with Crippen molar-refractivity contribution in [3.8, 4) is 5.75 Å². The summed E-state index contributed by atoms with van der Waals surface area (Å²) in [5.41, 5.74) is 2.68. The van der Waals surface area contributed by atoms with Crippen molar-refractivity contribution >= 4 is 0 Å². The summed E-state index contributed by atoms with van der Waals surface area (Å²) in [4.78, 5) is 0. The molecule has 0 amide bonds. The molecule has 0 fully saturated rings. The van der Waals surface area contributed by atoms with Gasteiger partial charge >= 0.3 is 0 Å². The number of ether oxygens (including phenoxy) is 1. The smallest absolute Gasteiger partial charge is 0.123 e. The quantitative estimate of drug-likeness (QED) is 0.411. The van der Waals surface area contributed by atoms with E-state index >= 15 is 0 Å². The number of benzene rings is 2. The van der Waals surface area contributed by atoms with E-state index in [1.54, 1.807) is 0 Å². The van der Waals surface area contributed by atoms with Crippen LogP contribution in [-0.4, -0.2) is 13.2 Å². The van der Waals surface area contributed by atoms with Crippen molar-refractivity contribution in [1.29, 1.82) is 0 Å². The molecule has 1 N–H and O–H groups in total. The summed E-state index contributed by atoms with van der Waals surface area (Å²) in [6.07, 6.45) is 10.1. The summed E-state index contributed by atoms with van der Waals surface area (Å²) < 4.78 is 6.03. The van der Waals surface area contributed by atoms with Gasteiger partial charge in [0.05, 0.1) is 6.61 Å². The second-order valence-corrected chi connectivity index (χ2v) is 6.99. The molecule has 0 heterocycles. The largest absolute Gasteiger partial charge is 0.493 e. The molecule has 0 aliphatic heterocycles. The fourth-order valence-corrected chi connectivity index (χ4v) is 3.14. The van der Waals surface area contributed by atoms with E-state index in [-0.39, 0.29) is 0 Å². The monoisotopic (exact) mass is 353 g/mol. The summed E-state index contributed by atoms with van der Waals surface area (Å²) in [7, 11) is 0. The van der Waals surface area contributed by atoms with Gasteiger partial charge in [-0.25, -0.2) is 0 Å². The van der Waals surface area contributed by atoms with E-state index in [1.165, 1.54) is 43.2 Å². The highest BCUT2D eigenvalue weighted by atomic mass is 16.5. The van der Waals surface area contributed by atoms with Crippen LogP contribution in [0.15, 0.2) is 54.6 Å². The Bertz CT molecular complexity index is 582. The van der Waals surface area contributed by atoms with Crippen LogP contribution in [0.1, 0.15) is 63.0 Å². The summed E-state index contributed by atoms with van der Waals surface area (Å²) in [6.45, 7) is 5.00. The minimum atomic E-state index is 0.831. The molecule has 0 atom stereocenters. The number of aryl methyl sites for hydroxylation is 1. The maximum absolute atomic E-state index is 6.03. The lowest BCUT2D eigenvalue weighted by Crippen LogP contribution is -2.16. The van der Waals surface area contributed by atoms with E-state index in [0.717, 1.165) is 44.7 Å². The average molecular weight is 354 g/mol. The van der Waals surface area contributed by atoms with Crippen LogP contribution in [0.25, 0.3) is 0 Å². The molecule has 0 aliphatic carbocycles. The Morgan fingerprint density at radius 3 is 2.35 bits per heavy atom. The topological polar surface area (TPSA) is 21.3 Å². The van der Waals surface area contributed by atoms with Gasteiger partial charge in [-0.15, -0.1) is 0 Å². The third-order valence-electron chi connectivity index (χ3n) is 4.71. The van der Waals surface area contributed by atoms with E-state index < -0.39 is 0 Å². The summed E-state index contributed by atoms with van der Waals surface area (Å²) in [5, 5.41) is 3.56. The zero-order valence-corrected chi connectivity index (χ0v) is 16.4. The Kier molecular flexibility index (Phi) is 10.6. The van der Waals surface area contributed by atoms with Gasteiger partial charge in [0, 0.05) is 12.1 Å². The third kappa shape index (κ3) is 8.53. The molecule has 2 aromatic carbocycles. The number of rotatable bonds is 14. The highest BCUT2D eigenvalue weighted by molar-refractivity contribution is 5.33. The third-order valence-corrected chi connectivity index (χ3v) is 4.71. The summed E-state index contributed by atoms with van der Waals surface area (Å²) in [6, 6.07) is 19.1. The van der Waals surface area contributed by atoms with Crippen molar-refractivity contribution in [2.24, 2.45) is 0 Å². The van der Waals surface area contributed by atoms with Gasteiger partial charge in [0.25, 0.3) is 0 Å². The molecule has 142 valence electrons. The van der Waals surface area contributed by atoms with Crippen LogP contribution < -0.4 is 10.1 Å². The van der Waals surface area contributed by atoms with Crippen LogP contribution >= 0.6 is 0 Å². The molecule has 0 bridgehead atoms. The predicted octanol–water partition coefficient (Wildman–Crippen LogP) is 6.15. The Morgan fingerprint density at radius 2 is 1.50 bits per heavy atom. The van der Waals surface area contributed by atoms with Crippen molar-refractivity contribution in [3.05, 3.63) is 65.7 Å². The van der Waals surface area contributed by atoms with Crippen LogP contribution in [0.4, 0.5) is 0 Å². The molecule has 2 aromatic rings. The van der Waals surface area contributed by atoms with Gasteiger partial charge < -0.3 is 10.1 Å². The molecule has 0 aromatic heterocycles. The van der Waals surface area contributed by atoms with Gasteiger partial charge in [-0.2, -0.15) is 0 Å². The van der Waals surface area contributed by atoms with Crippen molar-refractivity contribution in [2.75, 3.05) is 13.2 Å². The van der Waals surface area contributed by atoms with Gasteiger partial charge in [-0.1, -0.05) is 87.6 Å². The number of para-hydroxylation sites is 1. The van der Waals surface area contributed by atoms with Crippen LogP contribution in [0, 0.1) is 0 Å². The Hall–Kier alpha value is -1.80. The first kappa shape index (κ1) is 20.5. The molecule has 2 nitrogen and oxygen atoms in total. The lowest BCUT2D eigenvalue weighted by Gasteiger charge is -2.12. The van der Waals surface area contributed by atoms with Crippen molar-refractivity contribution in [1.82, 2.24) is 5.32 Å². The lowest BCUT2D eigenvalue weighted by atomic mass is 10.1. The van der Waals surface area contributed by atoms with Crippen molar-refractivity contribution in [3.63, 3.8) is 0 Å². The molecule has 0 saturated heterocycles. The average Bonchev–Trinajstić information content (AvgIpc) is 2.69. The maximum atomic E-state index is 6.03. The second-order valence-electron chi connectivity index (χ2n) is 6.99. The van der Waals surface area contributed by atoms with Gasteiger partial charge in [0.15, 0.2) is 0 Å². The van der Waals surface area contributed by atoms with Gasteiger partial charge in [-0.05, 0) is 37.4 Å². The highest BCUT2D eigenvalue weighted by Crippen LogP contribution is 2.18. The fraction of sp³-hybridized carbons (Fsp3) is 0.500. The molecule has 26 heavy (non-hydrogen) atoms. The van der Waals surface area contributed by atoms with Gasteiger partial charge in [-0.3, -0.25) is 0 Å². The molecular weight excluding hydrogens is 318 g/mol. The van der Waals surface area contributed by atoms with E-state index in [2.05, 4.69) is 66.8 Å². The molecular formula is C24H35NO. The fourth-order valence-electron chi connectivity index (χ4n) is 3.14. The molecule has 2 rings (SSSR count). The SMILES string of the molecule is CCCCCCCCOc1ccccc1CNCCCc1ccccc1. The van der Waals surface area contributed by atoms with Crippen LogP contribution in [0.2, 0.25) is 0 Å². The van der Waals surface area contributed by atoms with Gasteiger partial charge in [0.2, 0.25) is 0 Å². The minimum absolute atomic E-state index is 0.831. The highest BCUT2D eigenvalue weighted by Gasteiger charge is 2.02. The Morgan fingerprint density at radius 1 is 0.769 bits per heavy atom. The maximum Gasteiger partial charge on any atom is 0.123 e.